The van der Waals surface area contributed by atoms with E-state index in [0.29, 0.717) is 0 Å². The standard InChI is InChI=1S/C49H32S/c1-49(2)42-23-21-33(27-40(42)41-26-31-22-24-45-48(39(31)28-43(41)49)38-17-9-10-18-44(38)50-45)47-36-15-7-5-13-34(36)46(35-14-6-8-16-37(35)47)32-20-19-29-11-3-4-12-30(29)25-32/h3-28H,1-2H3. The molecule has 1 aromatic heterocycles. The first kappa shape index (κ1) is 28.1. The lowest BCUT2D eigenvalue weighted by Crippen LogP contribution is -2.14. The Hall–Kier alpha value is -5.76. The summed E-state index contributed by atoms with van der Waals surface area (Å²) in [5, 5.41) is 13.1. The van der Waals surface area contributed by atoms with Crippen molar-refractivity contribution in [1.82, 2.24) is 0 Å². The van der Waals surface area contributed by atoms with Crippen LogP contribution in [0.4, 0.5) is 0 Å². The summed E-state index contributed by atoms with van der Waals surface area (Å²) in [5.74, 6) is 0. The van der Waals surface area contributed by atoms with Gasteiger partial charge in [-0.1, -0.05) is 135 Å². The minimum atomic E-state index is -0.102. The largest absolute Gasteiger partial charge is 0.135 e. The summed E-state index contributed by atoms with van der Waals surface area (Å²) in [6.45, 7) is 4.80. The Morgan fingerprint density at radius 3 is 1.66 bits per heavy atom. The van der Waals surface area contributed by atoms with Crippen molar-refractivity contribution >= 4 is 74.6 Å². The summed E-state index contributed by atoms with van der Waals surface area (Å²) in [6.07, 6.45) is 0. The Balaban J connectivity index is 1.16. The fourth-order valence-corrected chi connectivity index (χ4v) is 10.2. The zero-order valence-electron chi connectivity index (χ0n) is 27.9. The Morgan fingerprint density at radius 2 is 0.940 bits per heavy atom. The maximum atomic E-state index is 2.51. The number of hydrogen-bond donors (Lipinski definition) is 0. The van der Waals surface area contributed by atoms with Crippen molar-refractivity contribution in [2.24, 2.45) is 0 Å². The second-order valence-corrected chi connectivity index (χ2v) is 15.5. The summed E-state index contributed by atoms with van der Waals surface area (Å²) in [5.41, 5.74) is 10.6. The number of hydrogen-bond acceptors (Lipinski definition) is 1. The molecule has 10 aromatic rings. The first-order valence-electron chi connectivity index (χ1n) is 17.5. The molecular formula is C49H32S. The van der Waals surface area contributed by atoms with Gasteiger partial charge in [0.25, 0.3) is 0 Å². The number of rotatable bonds is 2. The van der Waals surface area contributed by atoms with E-state index in [-0.39, 0.29) is 5.41 Å². The Morgan fingerprint density at radius 1 is 0.380 bits per heavy atom. The van der Waals surface area contributed by atoms with Gasteiger partial charge < -0.3 is 0 Å². The first-order valence-corrected chi connectivity index (χ1v) is 18.3. The molecule has 1 heteroatoms. The van der Waals surface area contributed by atoms with Gasteiger partial charge in [0.05, 0.1) is 0 Å². The molecule has 0 radical (unpaired) electrons. The second-order valence-electron chi connectivity index (χ2n) is 14.4. The van der Waals surface area contributed by atoms with E-state index >= 15 is 0 Å². The lowest BCUT2D eigenvalue weighted by Gasteiger charge is -2.22. The molecule has 11 rings (SSSR count). The highest BCUT2D eigenvalue weighted by Gasteiger charge is 2.36. The molecule has 0 nitrogen and oxygen atoms in total. The fourth-order valence-electron chi connectivity index (χ4n) is 9.04. The zero-order valence-corrected chi connectivity index (χ0v) is 28.7. The van der Waals surface area contributed by atoms with E-state index in [0.717, 1.165) is 0 Å². The van der Waals surface area contributed by atoms with Gasteiger partial charge in [-0.3, -0.25) is 0 Å². The van der Waals surface area contributed by atoms with Gasteiger partial charge in [0.2, 0.25) is 0 Å². The highest BCUT2D eigenvalue weighted by atomic mass is 32.1. The Kier molecular flexibility index (Phi) is 5.70. The molecule has 0 saturated carbocycles. The number of fused-ring (bicyclic) bond motifs is 11. The van der Waals surface area contributed by atoms with Crippen molar-refractivity contribution < 1.29 is 0 Å². The molecule has 234 valence electrons. The van der Waals surface area contributed by atoms with E-state index in [4.69, 9.17) is 0 Å². The van der Waals surface area contributed by atoms with Crippen LogP contribution < -0.4 is 0 Å². The van der Waals surface area contributed by atoms with E-state index in [9.17, 15) is 0 Å². The summed E-state index contributed by atoms with van der Waals surface area (Å²) in [6, 6.07) is 59.3. The smallest absolute Gasteiger partial charge is 0.0361 e. The molecule has 50 heavy (non-hydrogen) atoms. The molecular weight excluding hydrogens is 621 g/mol. The van der Waals surface area contributed by atoms with E-state index in [2.05, 4.69) is 172 Å². The van der Waals surface area contributed by atoms with Crippen LogP contribution in [-0.4, -0.2) is 0 Å². The van der Waals surface area contributed by atoms with Crippen molar-refractivity contribution in [3.63, 3.8) is 0 Å². The van der Waals surface area contributed by atoms with Crippen molar-refractivity contribution in [2.45, 2.75) is 19.3 Å². The van der Waals surface area contributed by atoms with Gasteiger partial charge in [0.1, 0.15) is 0 Å². The SMILES string of the molecule is CC1(C)c2ccc(-c3c4ccccc4c(-c4ccc5ccccc5c4)c4ccccc34)cc2-c2cc3ccc4sc5ccccc5c4c3cc21. The molecule has 0 fully saturated rings. The highest BCUT2D eigenvalue weighted by Crippen LogP contribution is 2.53. The quantitative estimate of drug-likeness (QED) is 0.163. The van der Waals surface area contributed by atoms with Gasteiger partial charge in [-0.05, 0) is 124 Å². The predicted octanol–water partition coefficient (Wildman–Crippen LogP) is 14.3. The molecule has 0 spiro atoms. The molecule has 0 saturated heterocycles. The van der Waals surface area contributed by atoms with Gasteiger partial charge in [-0.15, -0.1) is 11.3 Å². The van der Waals surface area contributed by atoms with Gasteiger partial charge >= 0.3 is 0 Å². The van der Waals surface area contributed by atoms with E-state index in [1.807, 2.05) is 11.3 Å². The monoisotopic (exact) mass is 652 g/mol. The third-order valence-electron chi connectivity index (χ3n) is 11.4. The van der Waals surface area contributed by atoms with Crippen LogP contribution in [0.1, 0.15) is 25.0 Å². The van der Waals surface area contributed by atoms with Crippen LogP contribution in [0.2, 0.25) is 0 Å². The third-order valence-corrected chi connectivity index (χ3v) is 12.5. The van der Waals surface area contributed by atoms with Crippen molar-refractivity contribution in [1.29, 1.82) is 0 Å². The fraction of sp³-hybridized carbons (Fsp3) is 0.0612. The normalized spacial score (nSPS) is 13.6. The average Bonchev–Trinajstić information content (AvgIpc) is 3.64. The maximum absolute atomic E-state index is 2.51. The molecule has 0 amide bonds. The van der Waals surface area contributed by atoms with Crippen LogP contribution in [0.3, 0.4) is 0 Å². The second kappa shape index (κ2) is 10.1. The van der Waals surface area contributed by atoms with E-state index in [1.54, 1.807) is 0 Å². The lowest BCUT2D eigenvalue weighted by atomic mass is 9.81. The molecule has 0 unspecified atom stereocenters. The van der Waals surface area contributed by atoms with Gasteiger partial charge in [-0.25, -0.2) is 0 Å². The predicted molar refractivity (Wildman–Crippen MR) is 218 cm³/mol. The van der Waals surface area contributed by atoms with E-state index in [1.165, 1.54) is 108 Å². The molecule has 1 aliphatic carbocycles. The highest BCUT2D eigenvalue weighted by molar-refractivity contribution is 7.26. The maximum Gasteiger partial charge on any atom is 0.0361 e. The molecule has 0 aliphatic heterocycles. The van der Waals surface area contributed by atoms with Crippen LogP contribution in [0, 0.1) is 0 Å². The summed E-state index contributed by atoms with van der Waals surface area (Å²) >= 11 is 1.90. The minimum absolute atomic E-state index is 0.102. The molecule has 1 aliphatic rings. The summed E-state index contributed by atoms with van der Waals surface area (Å²) < 4.78 is 2.72. The van der Waals surface area contributed by atoms with Crippen LogP contribution in [-0.2, 0) is 5.41 Å². The van der Waals surface area contributed by atoms with Crippen LogP contribution in [0.5, 0.6) is 0 Å². The summed E-state index contributed by atoms with van der Waals surface area (Å²) in [4.78, 5) is 0. The Bertz CT molecular complexity index is 3010. The Labute approximate surface area is 294 Å². The molecule has 0 bridgehead atoms. The van der Waals surface area contributed by atoms with Crippen LogP contribution in [0.15, 0.2) is 158 Å². The van der Waals surface area contributed by atoms with Crippen molar-refractivity contribution in [3.05, 3.63) is 169 Å². The van der Waals surface area contributed by atoms with Crippen LogP contribution in [0.25, 0.3) is 96.6 Å². The minimum Gasteiger partial charge on any atom is -0.135 e. The van der Waals surface area contributed by atoms with Crippen LogP contribution >= 0.6 is 11.3 Å². The topological polar surface area (TPSA) is 0 Å². The number of thiophene rings is 1. The van der Waals surface area contributed by atoms with Crippen molar-refractivity contribution in [3.8, 4) is 33.4 Å². The molecule has 0 atom stereocenters. The first-order chi connectivity index (χ1) is 24.5. The molecule has 0 N–H and O–H groups in total. The third kappa shape index (κ3) is 3.81. The van der Waals surface area contributed by atoms with Gasteiger partial charge in [0.15, 0.2) is 0 Å². The lowest BCUT2D eigenvalue weighted by molar-refractivity contribution is 0.661. The molecule has 1 heterocycles. The number of benzene rings is 9. The van der Waals surface area contributed by atoms with Gasteiger partial charge in [-0.2, -0.15) is 0 Å². The van der Waals surface area contributed by atoms with E-state index < -0.39 is 0 Å². The van der Waals surface area contributed by atoms with Gasteiger partial charge in [0, 0.05) is 25.6 Å². The van der Waals surface area contributed by atoms with Crippen molar-refractivity contribution in [2.75, 3.05) is 0 Å². The molecule has 9 aromatic carbocycles. The summed E-state index contributed by atoms with van der Waals surface area (Å²) in [7, 11) is 0. The zero-order chi connectivity index (χ0) is 33.1. The average molecular weight is 653 g/mol.